The molecule has 0 bridgehead atoms. The zero-order valence-electron chi connectivity index (χ0n) is 5.89. The van der Waals surface area contributed by atoms with Gasteiger partial charge in [-0.1, -0.05) is 0 Å². The van der Waals surface area contributed by atoms with Crippen molar-refractivity contribution >= 4 is 18.2 Å². The predicted molar refractivity (Wildman–Crippen MR) is 44.8 cm³/mol. The van der Waals surface area contributed by atoms with Crippen molar-refractivity contribution in [2.75, 3.05) is 13.1 Å². The molecule has 1 aliphatic heterocycles. The fourth-order valence-corrected chi connectivity index (χ4v) is 1.13. The van der Waals surface area contributed by atoms with Crippen LogP contribution in [0.3, 0.4) is 0 Å². The molecule has 0 aromatic carbocycles. The van der Waals surface area contributed by atoms with Gasteiger partial charge in [0.25, 0.3) is 0 Å². The molecule has 0 unspecified atom stereocenters. The van der Waals surface area contributed by atoms with Crippen molar-refractivity contribution in [3.63, 3.8) is 0 Å². The van der Waals surface area contributed by atoms with Crippen molar-refractivity contribution in [1.82, 2.24) is 5.32 Å². The lowest BCUT2D eigenvalue weighted by atomic mass is 9.97. The molecule has 0 aliphatic carbocycles. The Bertz CT molecular complexity index is 110. The van der Waals surface area contributed by atoms with Crippen LogP contribution in [0.5, 0.6) is 0 Å². The largest absolute Gasteiger partial charge is 0.387 e. The van der Waals surface area contributed by atoms with Gasteiger partial charge in [-0.05, 0) is 25.9 Å². The van der Waals surface area contributed by atoms with Gasteiger partial charge in [0.2, 0.25) is 0 Å². The van der Waals surface area contributed by atoms with Gasteiger partial charge in [0.05, 0.1) is 5.84 Å². The van der Waals surface area contributed by atoms with E-state index in [1.54, 1.807) is 0 Å². The molecular weight excluding hydrogens is 150 g/mol. The molecule has 1 saturated heterocycles. The average molecular weight is 164 g/mol. The lowest BCUT2D eigenvalue weighted by molar-refractivity contribution is 0.453. The normalized spacial score (nSPS) is 19.6. The molecule has 3 nitrogen and oxygen atoms in total. The average Bonchev–Trinajstić information content (AvgIpc) is 1.90. The summed E-state index contributed by atoms with van der Waals surface area (Å²) in [5, 5.41) is 10.4. The third kappa shape index (κ3) is 2.54. The fourth-order valence-electron chi connectivity index (χ4n) is 1.13. The highest BCUT2D eigenvalue weighted by atomic mass is 35.5. The van der Waals surface area contributed by atoms with Gasteiger partial charge in [0, 0.05) is 5.92 Å². The Morgan fingerprint density at radius 1 is 1.40 bits per heavy atom. The van der Waals surface area contributed by atoms with E-state index in [2.05, 4.69) is 5.32 Å². The quantitative estimate of drug-likeness (QED) is 0.386. The summed E-state index contributed by atoms with van der Waals surface area (Å²) in [4.78, 5) is 0. The first kappa shape index (κ1) is 9.72. The molecule has 0 aromatic rings. The van der Waals surface area contributed by atoms with Gasteiger partial charge < -0.3 is 11.1 Å². The predicted octanol–water partition coefficient (Wildman–Crippen LogP) is 0.344. The summed E-state index contributed by atoms with van der Waals surface area (Å²) in [6.45, 7) is 2.04. The fraction of sp³-hybridized carbons (Fsp3) is 0.833. The van der Waals surface area contributed by atoms with Crippen LogP contribution in [0, 0.1) is 11.3 Å². The summed E-state index contributed by atoms with van der Waals surface area (Å²) >= 11 is 0. The first-order chi connectivity index (χ1) is 4.30. The molecule has 1 fully saturated rings. The van der Waals surface area contributed by atoms with E-state index in [1.807, 2.05) is 0 Å². The molecule has 0 atom stereocenters. The van der Waals surface area contributed by atoms with Crippen molar-refractivity contribution < 1.29 is 0 Å². The van der Waals surface area contributed by atoms with Crippen molar-refractivity contribution in [2.45, 2.75) is 12.8 Å². The smallest absolute Gasteiger partial charge is 0.0937 e. The van der Waals surface area contributed by atoms with Crippen LogP contribution in [0.2, 0.25) is 0 Å². The number of hydrogen-bond donors (Lipinski definition) is 3. The molecule has 4 heteroatoms. The summed E-state index contributed by atoms with van der Waals surface area (Å²) < 4.78 is 0. The van der Waals surface area contributed by atoms with Gasteiger partial charge >= 0.3 is 0 Å². The number of nitrogens with two attached hydrogens (primary N) is 1. The van der Waals surface area contributed by atoms with Crippen molar-refractivity contribution in [3.8, 4) is 0 Å². The highest BCUT2D eigenvalue weighted by Crippen LogP contribution is 2.09. The van der Waals surface area contributed by atoms with Gasteiger partial charge in [-0.25, -0.2) is 0 Å². The second-order valence-electron chi connectivity index (χ2n) is 2.48. The maximum Gasteiger partial charge on any atom is 0.0937 e. The van der Waals surface area contributed by atoms with E-state index in [-0.39, 0.29) is 12.4 Å². The highest BCUT2D eigenvalue weighted by molar-refractivity contribution is 5.85. The molecule has 1 rings (SSSR count). The molecule has 1 aliphatic rings. The van der Waals surface area contributed by atoms with Crippen LogP contribution in [0.1, 0.15) is 12.8 Å². The van der Waals surface area contributed by atoms with Gasteiger partial charge in [-0.3, -0.25) is 5.41 Å². The maximum atomic E-state index is 7.14. The molecule has 0 saturated carbocycles. The van der Waals surface area contributed by atoms with Crippen LogP contribution in [0.15, 0.2) is 0 Å². The molecular formula is C6H14ClN3. The SMILES string of the molecule is Cl.N=C(N)C1CCNCC1. The Hall–Kier alpha value is -0.280. The van der Waals surface area contributed by atoms with Crippen LogP contribution in [0.4, 0.5) is 0 Å². The molecule has 0 radical (unpaired) electrons. The minimum absolute atomic E-state index is 0. The van der Waals surface area contributed by atoms with E-state index >= 15 is 0 Å². The standard InChI is InChI=1S/C6H13N3.ClH/c7-6(8)5-1-3-9-4-2-5;/h5,9H,1-4H2,(H3,7,8);1H. The van der Waals surface area contributed by atoms with Crippen molar-refractivity contribution in [3.05, 3.63) is 0 Å². The monoisotopic (exact) mass is 163 g/mol. The van der Waals surface area contributed by atoms with E-state index in [1.165, 1.54) is 0 Å². The van der Waals surface area contributed by atoms with Gasteiger partial charge in [0.1, 0.15) is 0 Å². The highest BCUT2D eigenvalue weighted by Gasteiger charge is 2.14. The molecule has 0 amide bonds. The van der Waals surface area contributed by atoms with Crippen LogP contribution in [0.25, 0.3) is 0 Å². The summed E-state index contributed by atoms with van der Waals surface area (Å²) in [6, 6.07) is 0. The minimum Gasteiger partial charge on any atom is -0.387 e. The Kier molecular flexibility index (Phi) is 4.40. The van der Waals surface area contributed by atoms with Crippen LogP contribution >= 0.6 is 12.4 Å². The van der Waals surface area contributed by atoms with E-state index in [0.717, 1.165) is 25.9 Å². The van der Waals surface area contributed by atoms with Crippen LogP contribution in [-0.2, 0) is 0 Å². The van der Waals surface area contributed by atoms with E-state index in [0.29, 0.717) is 11.8 Å². The zero-order chi connectivity index (χ0) is 6.69. The molecule has 0 aromatic heterocycles. The lowest BCUT2D eigenvalue weighted by Gasteiger charge is -2.20. The Morgan fingerprint density at radius 2 is 1.90 bits per heavy atom. The third-order valence-electron chi connectivity index (χ3n) is 1.78. The van der Waals surface area contributed by atoms with E-state index in [4.69, 9.17) is 11.1 Å². The Labute approximate surface area is 67.3 Å². The summed E-state index contributed by atoms with van der Waals surface area (Å²) in [5.74, 6) is 0.711. The van der Waals surface area contributed by atoms with Gasteiger partial charge in [0.15, 0.2) is 0 Å². The lowest BCUT2D eigenvalue weighted by Crippen LogP contribution is -2.34. The first-order valence-corrected chi connectivity index (χ1v) is 3.35. The van der Waals surface area contributed by atoms with E-state index < -0.39 is 0 Å². The number of amidine groups is 1. The van der Waals surface area contributed by atoms with Crippen LogP contribution < -0.4 is 11.1 Å². The molecule has 10 heavy (non-hydrogen) atoms. The third-order valence-corrected chi connectivity index (χ3v) is 1.78. The maximum absolute atomic E-state index is 7.14. The number of halogens is 1. The van der Waals surface area contributed by atoms with Crippen LogP contribution in [-0.4, -0.2) is 18.9 Å². The van der Waals surface area contributed by atoms with E-state index in [9.17, 15) is 0 Å². The van der Waals surface area contributed by atoms with Gasteiger partial charge in [-0.15, -0.1) is 12.4 Å². The summed E-state index contributed by atoms with van der Waals surface area (Å²) in [5.41, 5.74) is 5.32. The zero-order valence-corrected chi connectivity index (χ0v) is 6.71. The molecule has 1 heterocycles. The summed E-state index contributed by atoms with van der Waals surface area (Å²) in [6.07, 6.45) is 2.07. The molecule has 0 spiro atoms. The second-order valence-corrected chi connectivity index (χ2v) is 2.48. The van der Waals surface area contributed by atoms with Gasteiger partial charge in [-0.2, -0.15) is 0 Å². The minimum atomic E-state index is 0. The first-order valence-electron chi connectivity index (χ1n) is 3.35. The Balaban J connectivity index is 0.000000810. The van der Waals surface area contributed by atoms with Crippen molar-refractivity contribution in [2.24, 2.45) is 11.7 Å². The summed E-state index contributed by atoms with van der Waals surface area (Å²) in [7, 11) is 0. The number of rotatable bonds is 1. The number of piperidine rings is 1. The second kappa shape index (κ2) is 4.52. The molecule has 4 N–H and O–H groups in total. The molecule has 60 valence electrons. The Morgan fingerprint density at radius 3 is 2.20 bits per heavy atom. The number of nitrogens with one attached hydrogen (secondary N) is 2. The number of hydrogen-bond acceptors (Lipinski definition) is 2. The topological polar surface area (TPSA) is 61.9 Å². The van der Waals surface area contributed by atoms with Crippen molar-refractivity contribution in [1.29, 1.82) is 5.41 Å².